The SMILES string of the molecule is CCOc1cc(C)c(S(=O)(=O)N2CCC(CN3CCOCC3)CC2)cc1C. The molecule has 27 heavy (non-hydrogen) atoms. The zero-order chi connectivity index (χ0) is 19.4. The Morgan fingerprint density at radius 1 is 1.07 bits per heavy atom. The molecule has 3 rings (SSSR count). The quantitative estimate of drug-likeness (QED) is 0.739. The summed E-state index contributed by atoms with van der Waals surface area (Å²) in [6.45, 7) is 12.1. The van der Waals surface area contributed by atoms with Gasteiger partial charge in [0.1, 0.15) is 5.75 Å². The summed E-state index contributed by atoms with van der Waals surface area (Å²) < 4.78 is 39.0. The lowest BCUT2D eigenvalue weighted by Gasteiger charge is -2.35. The largest absolute Gasteiger partial charge is 0.494 e. The van der Waals surface area contributed by atoms with Crippen LogP contribution in [0.2, 0.25) is 0 Å². The normalized spacial score (nSPS) is 20.7. The topological polar surface area (TPSA) is 59.1 Å². The van der Waals surface area contributed by atoms with Crippen LogP contribution in [0.25, 0.3) is 0 Å². The number of hydrogen-bond donors (Lipinski definition) is 0. The number of nitrogens with zero attached hydrogens (tertiary/aromatic N) is 2. The van der Waals surface area contributed by atoms with Gasteiger partial charge in [0.25, 0.3) is 0 Å². The third-order valence-corrected chi connectivity index (χ3v) is 7.62. The van der Waals surface area contributed by atoms with Crippen molar-refractivity contribution in [3.63, 3.8) is 0 Å². The van der Waals surface area contributed by atoms with Gasteiger partial charge in [-0.25, -0.2) is 8.42 Å². The molecule has 0 saturated carbocycles. The second kappa shape index (κ2) is 8.90. The molecule has 0 bridgehead atoms. The molecule has 152 valence electrons. The van der Waals surface area contributed by atoms with Crippen LogP contribution in [0.4, 0.5) is 0 Å². The molecule has 2 fully saturated rings. The number of hydrogen-bond acceptors (Lipinski definition) is 5. The van der Waals surface area contributed by atoms with Crippen LogP contribution in [-0.4, -0.2) is 70.2 Å². The lowest BCUT2D eigenvalue weighted by atomic mass is 9.97. The molecule has 2 heterocycles. The van der Waals surface area contributed by atoms with Crippen LogP contribution in [-0.2, 0) is 14.8 Å². The van der Waals surface area contributed by atoms with Gasteiger partial charge in [-0.1, -0.05) is 0 Å². The highest BCUT2D eigenvalue weighted by Gasteiger charge is 2.31. The van der Waals surface area contributed by atoms with Crippen LogP contribution < -0.4 is 4.74 Å². The van der Waals surface area contributed by atoms with Crippen molar-refractivity contribution in [2.45, 2.75) is 38.5 Å². The van der Waals surface area contributed by atoms with Crippen molar-refractivity contribution >= 4 is 10.0 Å². The molecule has 6 nitrogen and oxygen atoms in total. The Balaban J connectivity index is 1.65. The van der Waals surface area contributed by atoms with E-state index in [-0.39, 0.29) is 0 Å². The summed E-state index contributed by atoms with van der Waals surface area (Å²) in [5.74, 6) is 1.33. The summed E-state index contributed by atoms with van der Waals surface area (Å²) in [5, 5.41) is 0. The standard InChI is InChI=1S/C20H32N2O4S/c1-4-26-19-13-17(3)20(14-16(19)2)27(23,24)22-7-5-18(6-8-22)15-21-9-11-25-12-10-21/h13-14,18H,4-12,15H2,1-3H3. The Labute approximate surface area is 163 Å². The summed E-state index contributed by atoms with van der Waals surface area (Å²) in [4.78, 5) is 2.85. The van der Waals surface area contributed by atoms with Crippen LogP contribution in [0.3, 0.4) is 0 Å². The molecular formula is C20H32N2O4S. The van der Waals surface area contributed by atoms with Gasteiger partial charge in [-0.05, 0) is 62.8 Å². The van der Waals surface area contributed by atoms with E-state index in [9.17, 15) is 8.42 Å². The molecule has 0 unspecified atom stereocenters. The van der Waals surface area contributed by atoms with Crippen LogP contribution in [0.5, 0.6) is 5.75 Å². The molecule has 0 spiro atoms. The molecular weight excluding hydrogens is 364 g/mol. The Kier molecular flexibility index (Phi) is 6.78. The molecule has 0 aliphatic carbocycles. The minimum atomic E-state index is -3.46. The Morgan fingerprint density at radius 3 is 2.37 bits per heavy atom. The molecule has 1 aromatic carbocycles. The second-order valence-electron chi connectivity index (χ2n) is 7.58. The van der Waals surface area contributed by atoms with Crippen LogP contribution in [0, 0.1) is 19.8 Å². The lowest BCUT2D eigenvalue weighted by Crippen LogP contribution is -2.44. The summed E-state index contributed by atoms with van der Waals surface area (Å²) >= 11 is 0. The fourth-order valence-corrected chi connectivity index (χ4v) is 5.73. The number of sulfonamides is 1. The maximum atomic E-state index is 13.2. The molecule has 0 aromatic heterocycles. The third kappa shape index (κ3) is 4.83. The van der Waals surface area contributed by atoms with Gasteiger partial charge in [-0.15, -0.1) is 0 Å². The van der Waals surface area contributed by atoms with Gasteiger partial charge in [0.05, 0.1) is 24.7 Å². The van der Waals surface area contributed by atoms with Crippen LogP contribution in [0.1, 0.15) is 30.9 Å². The summed E-state index contributed by atoms with van der Waals surface area (Å²) in [6.07, 6.45) is 1.84. The van der Waals surface area contributed by atoms with Crippen molar-refractivity contribution in [3.05, 3.63) is 23.3 Å². The van der Waals surface area contributed by atoms with E-state index in [0.29, 0.717) is 30.5 Å². The van der Waals surface area contributed by atoms with Gasteiger partial charge < -0.3 is 9.47 Å². The lowest BCUT2D eigenvalue weighted by molar-refractivity contribution is 0.0269. The molecule has 1 aromatic rings. The zero-order valence-electron chi connectivity index (χ0n) is 16.7. The van der Waals surface area contributed by atoms with Crippen molar-refractivity contribution < 1.29 is 17.9 Å². The molecule has 0 atom stereocenters. The predicted octanol–water partition coefficient (Wildman–Crippen LogP) is 2.44. The first-order valence-electron chi connectivity index (χ1n) is 9.96. The number of rotatable bonds is 6. The van der Waals surface area contributed by atoms with Gasteiger partial charge in [0, 0.05) is 32.7 Å². The van der Waals surface area contributed by atoms with Crippen molar-refractivity contribution in [2.24, 2.45) is 5.92 Å². The van der Waals surface area contributed by atoms with Gasteiger partial charge in [0.15, 0.2) is 0 Å². The zero-order valence-corrected chi connectivity index (χ0v) is 17.6. The average Bonchev–Trinajstić information content (AvgIpc) is 2.66. The summed E-state index contributed by atoms with van der Waals surface area (Å²) in [5.41, 5.74) is 1.61. The van der Waals surface area contributed by atoms with Gasteiger partial charge in [-0.2, -0.15) is 4.31 Å². The first-order valence-corrected chi connectivity index (χ1v) is 11.4. The smallest absolute Gasteiger partial charge is 0.243 e. The number of morpholine rings is 1. The number of aryl methyl sites for hydroxylation is 2. The first-order chi connectivity index (χ1) is 12.9. The van der Waals surface area contributed by atoms with E-state index >= 15 is 0 Å². The molecule has 7 heteroatoms. The minimum Gasteiger partial charge on any atom is -0.494 e. The summed E-state index contributed by atoms with van der Waals surface area (Å²) in [7, 11) is -3.46. The third-order valence-electron chi connectivity index (χ3n) is 5.58. The summed E-state index contributed by atoms with van der Waals surface area (Å²) in [6, 6.07) is 3.60. The van der Waals surface area contributed by atoms with Gasteiger partial charge >= 0.3 is 0 Å². The van der Waals surface area contributed by atoms with Crippen LogP contribution in [0.15, 0.2) is 17.0 Å². The molecule has 2 saturated heterocycles. The molecule has 0 amide bonds. The second-order valence-corrected chi connectivity index (χ2v) is 9.48. The number of ether oxygens (including phenoxy) is 2. The molecule has 0 N–H and O–H groups in total. The number of benzene rings is 1. The molecule has 2 aliphatic rings. The monoisotopic (exact) mass is 396 g/mol. The molecule has 2 aliphatic heterocycles. The minimum absolute atomic E-state index is 0.412. The van der Waals surface area contributed by atoms with Gasteiger partial charge in [0.2, 0.25) is 10.0 Å². The highest BCUT2D eigenvalue weighted by Crippen LogP contribution is 2.30. The van der Waals surface area contributed by atoms with E-state index in [4.69, 9.17) is 9.47 Å². The van der Waals surface area contributed by atoms with E-state index < -0.39 is 10.0 Å². The van der Waals surface area contributed by atoms with Crippen molar-refractivity contribution in [3.8, 4) is 5.75 Å². The van der Waals surface area contributed by atoms with Crippen molar-refractivity contribution in [2.75, 3.05) is 52.5 Å². The first kappa shape index (κ1) is 20.6. The Morgan fingerprint density at radius 2 is 1.74 bits per heavy atom. The van der Waals surface area contributed by atoms with E-state index in [1.165, 1.54) is 0 Å². The van der Waals surface area contributed by atoms with E-state index in [1.807, 2.05) is 26.8 Å². The van der Waals surface area contributed by atoms with E-state index in [2.05, 4.69) is 4.90 Å². The fourth-order valence-electron chi connectivity index (χ4n) is 3.97. The van der Waals surface area contributed by atoms with Crippen LogP contribution >= 0.6 is 0 Å². The maximum absolute atomic E-state index is 13.2. The van der Waals surface area contributed by atoms with E-state index in [0.717, 1.165) is 62.6 Å². The van der Waals surface area contributed by atoms with Gasteiger partial charge in [-0.3, -0.25) is 4.90 Å². The Hall–Kier alpha value is -1.15. The predicted molar refractivity (Wildman–Crippen MR) is 106 cm³/mol. The fraction of sp³-hybridized carbons (Fsp3) is 0.700. The highest BCUT2D eigenvalue weighted by molar-refractivity contribution is 7.89. The van der Waals surface area contributed by atoms with Crippen molar-refractivity contribution in [1.29, 1.82) is 0 Å². The van der Waals surface area contributed by atoms with Crippen molar-refractivity contribution in [1.82, 2.24) is 9.21 Å². The average molecular weight is 397 g/mol. The van der Waals surface area contributed by atoms with E-state index in [1.54, 1.807) is 10.4 Å². The number of piperidine rings is 1. The highest BCUT2D eigenvalue weighted by atomic mass is 32.2. The Bertz CT molecular complexity index is 737. The molecule has 0 radical (unpaired) electrons. The maximum Gasteiger partial charge on any atom is 0.243 e.